The minimum absolute atomic E-state index is 0.0721. The average molecular weight is 595 g/mol. The number of hydrogen-bond donors (Lipinski definition) is 0. The molecule has 0 aliphatic carbocycles. The van der Waals surface area contributed by atoms with Crippen LogP contribution in [0.2, 0.25) is 0 Å². The highest BCUT2D eigenvalue weighted by Gasteiger charge is 2.19. The van der Waals surface area contributed by atoms with Gasteiger partial charge in [-0.1, -0.05) is 97.1 Å². The van der Waals surface area contributed by atoms with E-state index in [1.807, 2.05) is 18.5 Å². The van der Waals surface area contributed by atoms with E-state index in [2.05, 4.69) is 144 Å². The predicted molar refractivity (Wildman–Crippen MR) is 191 cm³/mol. The summed E-state index contributed by atoms with van der Waals surface area (Å²) in [5, 5.41) is 10.2. The number of pyridine rings is 2. The summed E-state index contributed by atoms with van der Waals surface area (Å²) in [5.74, 6) is 0. The van der Waals surface area contributed by atoms with E-state index < -0.39 is 0 Å². The highest BCUT2D eigenvalue weighted by atomic mass is 16.5. The van der Waals surface area contributed by atoms with E-state index in [1.165, 1.54) is 54.2 Å². The molecule has 8 aromatic rings. The molecule has 0 fully saturated rings. The number of aryl methyl sites for hydroxylation is 1. The Balaban J connectivity index is 1.22. The second kappa shape index (κ2) is 12.2. The molecule has 2 aromatic heterocycles. The standard InChI is InChI=1S/C43H34N2O/c1-29-18-20-44-42(22-29)43-23-30(19-21-45-43)28-46-35(26-40-36-14-6-2-10-31(36)24-32-11-3-7-15-37(32)40)27-41-38-16-8-4-12-33(38)25-34-13-5-9-17-39(34)41/h2-25,35H,26-28H2,1H3. The van der Waals surface area contributed by atoms with Gasteiger partial charge in [0.1, 0.15) is 0 Å². The molecule has 0 saturated carbocycles. The van der Waals surface area contributed by atoms with Crippen LogP contribution in [0, 0.1) is 6.92 Å². The van der Waals surface area contributed by atoms with E-state index in [0.717, 1.165) is 35.4 Å². The molecule has 46 heavy (non-hydrogen) atoms. The van der Waals surface area contributed by atoms with Gasteiger partial charge in [0.05, 0.1) is 24.1 Å². The highest BCUT2D eigenvalue weighted by molar-refractivity contribution is 6.03. The fourth-order valence-electron chi connectivity index (χ4n) is 6.90. The summed E-state index contributed by atoms with van der Waals surface area (Å²) in [4.78, 5) is 9.20. The summed E-state index contributed by atoms with van der Waals surface area (Å²) in [6.45, 7) is 2.56. The molecule has 0 aliphatic rings. The number of aromatic nitrogens is 2. The van der Waals surface area contributed by atoms with Crippen molar-refractivity contribution < 1.29 is 4.74 Å². The molecule has 0 N–H and O–H groups in total. The molecule has 0 bridgehead atoms. The fraction of sp³-hybridized carbons (Fsp3) is 0.116. The van der Waals surface area contributed by atoms with Crippen molar-refractivity contribution in [2.45, 2.75) is 32.5 Å². The van der Waals surface area contributed by atoms with E-state index >= 15 is 0 Å². The van der Waals surface area contributed by atoms with E-state index in [4.69, 9.17) is 4.74 Å². The van der Waals surface area contributed by atoms with Gasteiger partial charge in [0.2, 0.25) is 0 Å². The minimum Gasteiger partial charge on any atom is -0.373 e. The molecule has 0 saturated heterocycles. The molecule has 3 heteroatoms. The van der Waals surface area contributed by atoms with Gasteiger partial charge in [0, 0.05) is 25.2 Å². The average Bonchev–Trinajstić information content (AvgIpc) is 3.10. The summed E-state index contributed by atoms with van der Waals surface area (Å²) >= 11 is 0. The van der Waals surface area contributed by atoms with Gasteiger partial charge in [0.15, 0.2) is 0 Å². The zero-order valence-corrected chi connectivity index (χ0v) is 25.9. The summed E-state index contributed by atoms with van der Waals surface area (Å²) < 4.78 is 7.00. The molecular weight excluding hydrogens is 560 g/mol. The van der Waals surface area contributed by atoms with Crippen molar-refractivity contribution in [1.29, 1.82) is 0 Å². The van der Waals surface area contributed by atoms with Gasteiger partial charge in [-0.3, -0.25) is 9.97 Å². The molecule has 6 aromatic carbocycles. The summed E-state index contributed by atoms with van der Waals surface area (Å²) in [7, 11) is 0. The first kappa shape index (κ1) is 28.1. The number of nitrogens with zero attached hydrogens (tertiary/aromatic N) is 2. The Morgan fingerprint density at radius 3 is 1.41 bits per heavy atom. The molecular formula is C43H34N2O. The molecule has 0 spiro atoms. The number of rotatable bonds is 8. The van der Waals surface area contributed by atoms with Gasteiger partial charge in [-0.15, -0.1) is 0 Å². The van der Waals surface area contributed by atoms with Crippen LogP contribution in [0.4, 0.5) is 0 Å². The second-order valence-electron chi connectivity index (χ2n) is 12.2. The summed E-state index contributed by atoms with van der Waals surface area (Å²) in [5.41, 5.74) is 6.66. The smallest absolute Gasteiger partial charge is 0.0889 e. The Morgan fingerprint density at radius 1 is 0.500 bits per heavy atom. The Hall–Kier alpha value is -5.38. The zero-order valence-electron chi connectivity index (χ0n) is 25.9. The monoisotopic (exact) mass is 594 g/mol. The fourth-order valence-corrected chi connectivity index (χ4v) is 6.90. The highest BCUT2D eigenvalue weighted by Crippen LogP contribution is 2.34. The topological polar surface area (TPSA) is 35.0 Å². The number of fused-ring (bicyclic) bond motifs is 4. The van der Waals surface area contributed by atoms with Gasteiger partial charge in [-0.05, 0) is 109 Å². The van der Waals surface area contributed by atoms with Gasteiger partial charge >= 0.3 is 0 Å². The maximum absolute atomic E-state index is 7.00. The molecule has 2 heterocycles. The van der Waals surface area contributed by atoms with E-state index in [-0.39, 0.29) is 6.10 Å². The van der Waals surface area contributed by atoms with Crippen LogP contribution in [0.25, 0.3) is 54.5 Å². The van der Waals surface area contributed by atoms with Crippen molar-refractivity contribution in [1.82, 2.24) is 9.97 Å². The summed E-state index contributed by atoms with van der Waals surface area (Å²) in [6.07, 6.45) is 5.21. The van der Waals surface area contributed by atoms with Crippen LogP contribution in [-0.2, 0) is 24.2 Å². The van der Waals surface area contributed by atoms with Gasteiger partial charge in [0.25, 0.3) is 0 Å². The van der Waals surface area contributed by atoms with Crippen LogP contribution < -0.4 is 0 Å². The Morgan fingerprint density at radius 2 is 0.935 bits per heavy atom. The Labute approximate surface area is 269 Å². The van der Waals surface area contributed by atoms with Crippen LogP contribution in [0.1, 0.15) is 22.3 Å². The summed E-state index contributed by atoms with van der Waals surface area (Å²) in [6, 6.07) is 47.8. The molecule has 222 valence electrons. The number of ether oxygens (including phenoxy) is 1. The van der Waals surface area contributed by atoms with Crippen molar-refractivity contribution in [2.75, 3.05) is 0 Å². The molecule has 8 rings (SSSR count). The maximum atomic E-state index is 7.00. The molecule has 3 nitrogen and oxygen atoms in total. The van der Waals surface area contributed by atoms with Gasteiger partial charge in [-0.2, -0.15) is 0 Å². The molecule has 0 unspecified atom stereocenters. The minimum atomic E-state index is -0.0721. The maximum Gasteiger partial charge on any atom is 0.0889 e. The first-order chi connectivity index (χ1) is 22.7. The van der Waals surface area contributed by atoms with Crippen molar-refractivity contribution >= 4 is 43.1 Å². The predicted octanol–water partition coefficient (Wildman–Crippen LogP) is 10.4. The molecule has 0 atom stereocenters. The van der Waals surface area contributed by atoms with Crippen LogP contribution in [0.3, 0.4) is 0 Å². The van der Waals surface area contributed by atoms with E-state index in [9.17, 15) is 0 Å². The lowest BCUT2D eigenvalue weighted by Crippen LogP contribution is -2.20. The third-order valence-electron chi connectivity index (χ3n) is 9.12. The molecule has 0 amide bonds. The third kappa shape index (κ3) is 5.51. The Kier molecular flexibility index (Phi) is 7.45. The van der Waals surface area contributed by atoms with Crippen molar-refractivity contribution in [3.8, 4) is 11.4 Å². The number of hydrogen-bond acceptors (Lipinski definition) is 3. The second-order valence-corrected chi connectivity index (χ2v) is 12.2. The van der Waals surface area contributed by atoms with E-state index in [0.29, 0.717) is 6.61 Å². The van der Waals surface area contributed by atoms with E-state index in [1.54, 1.807) is 0 Å². The quantitative estimate of drug-likeness (QED) is 0.164. The van der Waals surface area contributed by atoms with Gasteiger partial charge in [-0.25, -0.2) is 0 Å². The zero-order chi connectivity index (χ0) is 30.9. The Bertz CT molecular complexity index is 2130. The third-order valence-corrected chi connectivity index (χ3v) is 9.12. The number of benzene rings is 6. The first-order valence-electron chi connectivity index (χ1n) is 16.0. The van der Waals surface area contributed by atoms with Crippen LogP contribution >= 0.6 is 0 Å². The first-order valence-corrected chi connectivity index (χ1v) is 16.0. The van der Waals surface area contributed by atoms with Crippen LogP contribution in [0.15, 0.2) is 146 Å². The van der Waals surface area contributed by atoms with Crippen molar-refractivity contribution in [3.05, 3.63) is 168 Å². The lowest BCUT2D eigenvalue weighted by molar-refractivity contribution is 0.0420. The SMILES string of the molecule is Cc1ccnc(-c2cc(COC(Cc3c4ccccc4cc4ccccc34)Cc3c4ccccc4cc4ccccc34)ccn2)c1. The molecule has 0 radical (unpaired) electrons. The molecule has 0 aliphatic heterocycles. The lowest BCUT2D eigenvalue weighted by atomic mass is 9.89. The van der Waals surface area contributed by atoms with Crippen LogP contribution in [0.5, 0.6) is 0 Å². The van der Waals surface area contributed by atoms with Gasteiger partial charge < -0.3 is 4.74 Å². The lowest BCUT2D eigenvalue weighted by Gasteiger charge is -2.23. The van der Waals surface area contributed by atoms with Crippen molar-refractivity contribution in [3.63, 3.8) is 0 Å². The van der Waals surface area contributed by atoms with Crippen LogP contribution in [-0.4, -0.2) is 16.1 Å². The normalized spacial score (nSPS) is 11.7. The largest absolute Gasteiger partial charge is 0.373 e. The van der Waals surface area contributed by atoms with Crippen molar-refractivity contribution in [2.24, 2.45) is 0 Å².